The highest BCUT2D eigenvalue weighted by molar-refractivity contribution is 4.90. The van der Waals surface area contributed by atoms with Gasteiger partial charge in [0.1, 0.15) is 0 Å². The molecule has 1 saturated heterocycles. The molecule has 72 valence electrons. The lowest BCUT2D eigenvalue weighted by molar-refractivity contribution is -0.0249. The van der Waals surface area contributed by atoms with Gasteiger partial charge in [-0.25, -0.2) is 0 Å². The zero-order valence-corrected chi connectivity index (χ0v) is 8.46. The first-order valence-corrected chi connectivity index (χ1v) is 4.58. The molecule has 0 saturated carbocycles. The van der Waals surface area contributed by atoms with Gasteiger partial charge >= 0.3 is 0 Å². The summed E-state index contributed by atoms with van der Waals surface area (Å²) in [6, 6.07) is 0.816. The van der Waals surface area contributed by atoms with E-state index in [0.29, 0.717) is 6.04 Å². The minimum absolute atomic E-state index is 0.213. The maximum Gasteiger partial charge on any atom is 0.0743 e. The van der Waals surface area contributed by atoms with Gasteiger partial charge in [-0.05, 0) is 27.8 Å². The number of nitrogens with one attached hydrogen (secondary N) is 1. The van der Waals surface area contributed by atoms with Crippen LogP contribution in [0.3, 0.4) is 0 Å². The van der Waals surface area contributed by atoms with Crippen LogP contribution in [-0.4, -0.2) is 47.8 Å². The van der Waals surface area contributed by atoms with E-state index in [1.54, 1.807) is 0 Å². The molecule has 1 unspecified atom stereocenters. The number of likely N-dealkylation sites (N-methyl/N-ethyl adjacent to an activating group) is 1. The fraction of sp³-hybridized carbons (Fsp3) is 1.00. The topological polar surface area (TPSA) is 35.5 Å². The minimum Gasteiger partial charge on any atom is -0.389 e. The summed E-state index contributed by atoms with van der Waals surface area (Å²) in [6.45, 7) is 7.90. The number of hydrogen-bond donors (Lipinski definition) is 2. The lowest BCUT2D eigenvalue weighted by atomic mass is 9.97. The van der Waals surface area contributed by atoms with Crippen molar-refractivity contribution in [2.45, 2.75) is 38.5 Å². The van der Waals surface area contributed by atoms with Crippen molar-refractivity contribution in [1.82, 2.24) is 10.2 Å². The van der Waals surface area contributed by atoms with Crippen molar-refractivity contribution in [2.24, 2.45) is 0 Å². The Kier molecular flexibility index (Phi) is 2.76. The van der Waals surface area contributed by atoms with E-state index in [0.717, 1.165) is 13.1 Å². The van der Waals surface area contributed by atoms with Crippen LogP contribution in [0.4, 0.5) is 0 Å². The highest BCUT2D eigenvalue weighted by atomic mass is 16.3. The van der Waals surface area contributed by atoms with E-state index in [4.69, 9.17) is 0 Å². The Hall–Kier alpha value is -0.120. The standard InChI is InChI=1S/C9H20N2O/c1-7(9(2,3)12)11(4)8-5-10-6-8/h7-8,10,12H,5-6H2,1-4H3. The first kappa shape index (κ1) is 9.96. The van der Waals surface area contributed by atoms with Crippen LogP contribution >= 0.6 is 0 Å². The molecule has 0 radical (unpaired) electrons. The first-order chi connectivity index (χ1) is 5.43. The summed E-state index contributed by atoms with van der Waals surface area (Å²) in [5.74, 6) is 0. The third-order valence-corrected chi connectivity index (χ3v) is 2.97. The molecule has 12 heavy (non-hydrogen) atoms. The smallest absolute Gasteiger partial charge is 0.0743 e. The molecule has 3 nitrogen and oxygen atoms in total. The van der Waals surface area contributed by atoms with Gasteiger partial charge in [-0.15, -0.1) is 0 Å². The monoisotopic (exact) mass is 172 g/mol. The van der Waals surface area contributed by atoms with Crippen LogP contribution in [0.15, 0.2) is 0 Å². The molecule has 0 bridgehead atoms. The van der Waals surface area contributed by atoms with Gasteiger partial charge in [0.15, 0.2) is 0 Å². The number of aliphatic hydroxyl groups is 1. The molecule has 1 rings (SSSR count). The minimum atomic E-state index is -0.607. The molecule has 0 aromatic rings. The van der Waals surface area contributed by atoms with Crippen LogP contribution in [0.1, 0.15) is 20.8 Å². The van der Waals surface area contributed by atoms with Gasteiger partial charge in [0.2, 0.25) is 0 Å². The van der Waals surface area contributed by atoms with Crippen molar-refractivity contribution < 1.29 is 5.11 Å². The second-order valence-electron chi connectivity index (χ2n) is 4.31. The maximum atomic E-state index is 9.76. The van der Waals surface area contributed by atoms with Crippen molar-refractivity contribution >= 4 is 0 Å². The van der Waals surface area contributed by atoms with Gasteiger partial charge in [-0.2, -0.15) is 0 Å². The molecule has 1 aliphatic rings. The molecule has 0 aromatic carbocycles. The second kappa shape index (κ2) is 3.32. The highest BCUT2D eigenvalue weighted by Gasteiger charge is 2.32. The Morgan fingerprint density at radius 1 is 1.50 bits per heavy atom. The van der Waals surface area contributed by atoms with E-state index in [1.165, 1.54) is 0 Å². The fourth-order valence-corrected chi connectivity index (χ4v) is 1.38. The van der Waals surface area contributed by atoms with Crippen LogP contribution in [0.25, 0.3) is 0 Å². The molecule has 0 spiro atoms. The fourth-order valence-electron chi connectivity index (χ4n) is 1.38. The summed E-state index contributed by atoms with van der Waals surface area (Å²) in [5, 5.41) is 13.0. The molecule has 2 N–H and O–H groups in total. The van der Waals surface area contributed by atoms with E-state index in [9.17, 15) is 5.11 Å². The van der Waals surface area contributed by atoms with Gasteiger partial charge in [0.05, 0.1) is 5.60 Å². The molecule has 1 heterocycles. The van der Waals surface area contributed by atoms with Crippen LogP contribution in [0, 0.1) is 0 Å². The SMILES string of the molecule is CC(N(C)C1CNC1)C(C)(C)O. The second-order valence-corrected chi connectivity index (χ2v) is 4.31. The summed E-state index contributed by atoms with van der Waals surface area (Å²) in [4.78, 5) is 2.25. The Labute approximate surface area is 74.8 Å². The van der Waals surface area contributed by atoms with Crippen LogP contribution in [0.5, 0.6) is 0 Å². The van der Waals surface area contributed by atoms with Crippen molar-refractivity contribution in [3.8, 4) is 0 Å². The van der Waals surface area contributed by atoms with E-state index < -0.39 is 5.60 Å². The lowest BCUT2D eigenvalue weighted by Gasteiger charge is -2.43. The van der Waals surface area contributed by atoms with E-state index in [1.807, 2.05) is 13.8 Å². The van der Waals surface area contributed by atoms with Crippen molar-refractivity contribution in [3.05, 3.63) is 0 Å². The van der Waals surface area contributed by atoms with Crippen molar-refractivity contribution in [3.63, 3.8) is 0 Å². The maximum absolute atomic E-state index is 9.76. The Morgan fingerprint density at radius 2 is 2.00 bits per heavy atom. The summed E-state index contributed by atoms with van der Waals surface area (Å²) in [6.07, 6.45) is 0. The highest BCUT2D eigenvalue weighted by Crippen LogP contribution is 2.17. The lowest BCUT2D eigenvalue weighted by Crippen LogP contribution is -2.61. The Balaban J connectivity index is 2.45. The van der Waals surface area contributed by atoms with Gasteiger partial charge in [-0.3, -0.25) is 4.90 Å². The van der Waals surface area contributed by atoms with E-state index in [-0.39, 0.29) is 6.04 Å². The molecule has 0 aliphatic carbocycles. The van der Waals surface area contributed by atoms with Gasteiger partial charge in [0.25, 0.3) is 0 Å². The summed E-state index contributed by atoms with van der Waals surface area (Å²) < 4.78 is 0. The average Bonchev–Trinajstić information content (AvgIpc) is 1.79. The first-order valence-electron chi connectivity index (χ1n) is 4.58. The Bertz CT molecular complexity index is 149. The molecule has 1 fully saturated rings. The molecule has 1 aliphatic heterocycles. The van der Waals surface area contributed by atoms with Crippen LogP contribution < -0.4 is 5.32 Å². The quantitative estimate of drug-likeness (QED) is 0.631. The van der Waals surface area contributed by atoms with Crippen LogP contribution in [0.2, 0.25) is 0 Å². The average molecular weight is 172 g/mol. The zero-order chi connectivity index (χ0) is 9.35. The third-order valence-electron chi connectivity index (χ3n) is 2.97. The Morgan fingerprint density at radius 3 is 2.25 bits per heavy atom. The predicted molar refractivity (Wildman–Crippen MR) is 50.2 cm³/mol. The molecule has 0 aromatic heterocycles. The number of hydrogen-bond acceptors (Lipinski definition) is 3. The number of rotatable bonds is 3. The largest absolute Gasteiger partial charge is 0.389 e. The molecule has 1 atom stereocenters. The van der Waals surface area contributed by atoms with Gasteiger partial charge in [0, 0.05) is 25.2 Å². The van der Waals surface area contributed by atoms with Crippen molar-refractivity contribution in [1.29, 1.82) is 0 Å². The van der Waals surface area contributed by atoms with Crippen molar-refractivity contribution in [2.75, 3.05) is 20.1 Å². The summed E-state index contributed by atoms with van der Waals surface area (Å²) >= 11 is 0. The summed E-state index contributed by atoms with van der Waals surface area (Å²) in [5.41, 5.74) is -0.607. The molecule has 3 heteroatoms. The predicted octanol–water partition coefficient (Wildman–Crippen LogP) is 0.0494. The molecule has 0 amide bonds. The van der Waals surface area contributed by atoms with Gasteiger partial charge in [-0.1, -0.05) is 0 Å². The third kappa shape index (κ3) is 1.97. The molecular weight excluding hydrogens is 152 g/mol. The van der Waals surface area contributed by atoms with E-state index >= 15 is 0 Å². The van der Waals surface area contributed by atoms with Gasteiger partial charge < -0.3 is 10.4 Å². The number of nitrogens with zero attached hydrogens (tertiary/aromatic N) is 1. The molecular formula is C9H20N2O. The van der Waals surface area contributed by atoms with E-state index in [2.05, 4.69) is 24.2 Å². The normalized spacial score (nSPS) is 22.5. The zero-order valence-electron chi connectivity index (χ0n) is 8.46. The van der Waals surface area contributed by atoms with Crippen LogP contribution in [-0.2, 0) is 0 Å². The summed E-state index contributed by atoms with van der Waals surface area (Å²) in [7, 11) is 2.08.